The van der Waals surface area contributed by atoms with Gasteiger partial charge in [0, 0.05) is 15.6 Å². The molecular formula is C13H11BrClNO. The molecule has 0 aliphatic heterocycles. The Morgan fingerprint density at radius 2 is 1.94 bits per heavy atom. The number of rotatable bonds is 2. The minimum Gasteiger partial charge on any atom is -0.439 e. The molecule has 0 spiro atoms. The predicted octanol–water partition coefficient (Wildman–Crippen LogP) is 4.91. The molecule has 0 saturated heterocycles. The lowest BCUT2D eigenvalue weighted by Gasteiger charge is -2.09. The lowest BCUT2D eigenvalue weighted by molar-refractivity contribution is 0.458. The topological polar surface area (TPSA) is 22.1 Å². The molecular weight excluding hydrogens is 302 g/mol. The standard InChI is InChI=1S/C13H11BrClNO/c1-8-7-10(15)3-5-12(8)17-13-6-4-11(14)9(2)16-13/h3-7H,1-2H3. The van der Waals surface area contributed by atoms with E-state index in [9.17, 15) is 0 Å². The van der Waals surface area contributed by atoms with E-state index < -0.39 is 0 Å². The van der Waals surface area contributed by atoms with E-state index in [1.807, 2.05) is 38.1 Å². The van der Waals surface area contributed by atoms with Crippen molar-refractivity contribution >= 4 is 27.5 Å². The van der Waals surface area contributed by atoms with E-state index in [0.29, 0.717) is 10.9 Å². The molecule has 1 aromatic heterocycles. The van der Waals surface area contributed by atoms with Gasteiger partial charge < -0.3 is 4.74 Å². The molecule has 88 valence electrons. The number of aryl methyl sites for hydroxylation is 2. The van der Waals surface area contributed by atoms with E-state index in [1.165, 1.54) is 0 Å². The molecule has 1 aromatic carbocycles. The van der Waals surface area contributed by atoms with Crippen LogP contribution < -0.4 is 4.74 Å². The third kappa shape index (κ3) is 2.99. The molecule has 1 heterocycles. The van der Waals surface area contributed by atoms with Crippen molar-refractivity contribution in [3.63, 3.8) is 0 Å². The van der Waals surface area contributed by atoms with Crippen LogP contribution in [0.1, 0.15) is 11.3 Å². The molecule has 0 bridgehead atoms. The van der Waals surface area contributed by atoms with Crippen molar-refractivity contribution in [3.05, 3.63) is 51.1 Å². The van der Waals surface area contributed by atoms with E-state index in [2.05, 4.69) is 20.9 Å². The summed E-state index contributed by atoms with van der Waals surface area (Å²) in [5.41, 5.74) is 1.88. The van der Waals surface area contributed by atoms with Gasteiger partial charge in [0.1, 0.15) is 5.75 Å². The highest BCUT2D eigenvalue weighted by atomic mass is 79.9. The Balaban J connectivity index is 2.28. The fourth-order valence-electron chi connectivity index (χ4n) is 1.42. The molecule has 0 saturated carbocycles. The van der Waals surface area contributed by atoms with Gasteiger partial charge in [0.25, 0.3) is 0 Å². The summed E-state index contributed by atoms with van der Waals surface area (Å²) >= 11 is 9.29. The van der Waals surface area contributed by atoms with Crippen molar-refractivity contribution in [2.75, 3.05) is 0 Å². The number of hydrogen-bond acceptors (Lipinski definition) is 2. The Morgan fingerprint density at radius 3 is 2.59 bits per heavy atom. The molecule has 0 unspecified atom stereocenters. The predicted molar refractivity (Wildman–Crippen MR) is 72.9 cm³/mol. The van der Waals surface area contributed by atoms with Crippen LogP contribution in [0.5, 0.6) is 11.6 Å². The van der Waals surface area contributed by atoms with Gasteiger partial charge in [0.15, 0.2) is 0 Å². The molecule has 0 amide bonds. The fraction of sp³-hybridized carbons (Fsp3) is 0.154. The average Bonchev–Trinajstić information content (AvgIpc) is 2.27. The van der Waals surface area contributed by atoms with Crippen LogP contribution in [-0.2, 0) is 0 Å². The Morgan fingerprint density at radius 1 is 1.18 bits per heavy atom. The van der Waals surface area contributed by atoms with Crippen LogP contribution in [0, 0.1) is 13.8 Å². The maximum absolute atomic E-state index is 5.89. The molecule has 0 radical (unpaired) electrons. The smallest absolute Gasteiger partial charge is 0.219 e. The summed E-state index contributed by atoms with van der Waals surface area (Å²) in [7, 11) is 0. The van der Waals surface area contributed by atoms with Crippen LogP contribution in [-0.4, -0.2) is 4.98 Å². The van der Waals surface area contributed by atoms with Crippen molar-refractivity contribution in [1.29, 1.82) is 0 Å². The normalized spacial score (nSPS) is 10.4. The highest BCUT2D eigenvalue weighted by Gasteiger charge is 2.04. The van der Waals surface area contributed by atoms with Crippen molar-refractivity contribution in [2.24, 2.45) is 0 Å². The second-order valence-electron chi connectivity index (χ2n) is 3.73. The number of pyridine rings is 1. The highest BCUT2D eigenvalue weighted by molar-refractivity contribution is 9.10. The molecule has 2 nitrogen and oxygen atoms in total. The second kappa shape index (κ2) is 5.07. The molecule has 0 fully saturated rings. The summed E-state index contributed by atoms with van der Waals surface area (Å²) in [5.74, 6) is 1.35. The van der Waals surface area contributed by atoms with Gasteiger partial charge in [0.05, 0.1) is 5.69 Å². The monoisotopic (exact) mass is 311 g/mol. The first kappa shape index (κ1) is 12.4. The van der Waals surface area contributed by atoms with Crippen molar-refractivity contribution in [1.82, 2.24) is 4.98 Å². The first-order valence-corrected chi connectivity index (χ1v) is 6.30. The van der Waals surface area contributed by atoms with Gasteiger partial charge in [-0.05, 0) is 59.6 Å². The summed E-state index contributed by atoms with van der Waals surface area (Å²) in [4.78, 5) is 4.33. The van der Waals surface area contributed by atoms with Crippen molar-refractivity contribution < 1.29 is 4.74 Å². The SMILES string of the molecule is Cc1cc(Cl)ccc1Oc1ccc(Br)c(C)n1. The van der Waals surface area contributed by atoms with Crippen molar-refractivity contribution in [2.45, 2.75) is 13.8 Å². The third-order valence-corrected chi connectivity index (χ3v) is 3.42. The van der Waals surface area contributed by atoms with Gasteiger partial charge in [-0.2, -0.15) is 0 Å². The Kier molecular flexibility index (Phi) is 3.69. The van der Waals surface area contributed by atoms with E-state index in [4.69, 9.17) is 16.3 Å². The Hall–Kier alpha value is -1.06. The van der Waals surface area contributed by atoms with Gasteiger partial charge in [-0.3, -0.25) is 0 Å². The molecule has 2 rings (SSSR count). The molecule has 0 N–H and O–H groups in total. The van der Waals surface area contributed by atoms with E-state index in [-0.39, 0.29) is 0 Å². The second-order valence-corrected chi connectivity index (χ2v) is 5.02. The number of benzene rings is 1. The lowest BCUT2D eigenvalue weighted by atomic mass is 10.2. The molecule has 0 aliphatic rings. The number of halogens is 2. The zero-order valence-electron chi connectivity index (χ0n) is 9.50. The van der Waals surface area contributed by atoms with Crippen LogP contribution in [0.2, 0.25) is 5.02 Å². The molecule has 2 aromatic rings. The summed E-state index contributed by atoms with van der Waals surface area (Å²) in [5, 5.41) is 0.704. The van der Waals surface area contributed by atoms with Crippen LogP contribution in [0.15, 0.2) is 34.8 Å². The maximum Gasteiger partial charge on any atom is 0.219 e. The number of aromatic nitrogens is 1. The first-order chi connectivity index (χ1) is 8.06. The zero-order chi connectivity index (χ0) is 12.4. The van der Waals surface area contributed by atoms with Gasteiger partial charge in [-0.1, -0.05) is 11.6 Å². The van der Waals surface area contributed by atoms with Gasteiger partial charge in [-0.15, -0.1) is 0 Å². The highest BCUT2D eigenvalue weighted by Crippen LogP contribution is 2.27. The molecule has 17 heavy (non-hydrogen) atoms. The Bertz CT molecular complexity index is 557. The summed E-state index contributed by atoms with van der Waals surface area (Å²) in [6.07, 6.45) is 0. The van der Waals surface area contributed by atoms with Gasteiger partial charge >= 0.3 is 0 Å². The molecule has 0 atom stereocenters. The number of hydrogen-bond donors (Lipinski definition) is 0. The fourth-order valence-corrected chi connectivity index (χ4v) is 1.87. The maximum atomic E-state index is 5.89. The molecule has 4 heteroatoms. The third-order valence-electron chi connectivity index (χ3n) is 2.35. The summed E-state index contributed by atoms with van der Waals surface area (Å²) < 4.78 is 6.68. The molecule has 0 aliphatic carbocycles. The van der Waals surface area contributed by atoms with Crippen LogP contribution in [0.3, 0.4) is 0 Å². The number of ether oxygens (including phenoxy) is 1. The van der Waals surface area contributed by atoms with E-state index >= 15 is 0 Å². The quantitative estimate of drug-likeness (QED) is 0.786. The Labute approximate surface area is 114 Å². The van der Waals surface area contributed by atoms with E-state index in [0.717, 1.165) is 21.5 Å². The van der Waals surface area contributed by atoms with Crippen molar-refractivity contribution in [3.8, 4) is 11.6 Å². The lowest BCUT2D eigenvalue weighted by Crippen LogP contribution is -1.92. The average molecular weight is 313 g/mol. The first-order valence-electron chi connectivity index (χ1n) is 5.13. The summed E-state index contributed by atoms with van der Waals surface area (Å²) in [6.45, 7) is 3.87. The number of nitrogens with zero attached hydrogens (tertiary/aromatic N) is 1. The zero-order valence-corrected chi connectivity index (χ0v) is 11.8. The van der Waals surface area contributed by atoms with Gasteiger partial charge in [-0.25, -0.2) is 4.98 Å². The van der Waals surface area contributed by atoms with Crippen LogP contribution >= 0.6 is 27.5 Å². The van der Waals surface area contributed by atoms with E-state index in [1.54, 1.807) is 6.07 Å². The van der Waals surface area contributed by atoms with Gasteiger partial charge in [0.2, 0.25) is 5.88 Å². The minimum absolute atomic E-state index is 0.580. The van der Waals surface area contributed by atoms with Crippen LogP contribution in [0.4, 0.5) is 0 Å². The largest absolute Gasteiger partial charge is 0.439 e. The van der Waals surface area contributed by atoms with Crippen LogP contribution in [0.25, 0.3) is 0 Å². The summed E-state index contributed by atoms with van der Waals surface area (Å²) in [6, 6.07) is 9.25. The minimum atomic E-state index is 0.580.